The molecule has 1 N–H and O–H groups in total. The van der Waals surface area contributed by atoms with Gasteiger partial charge >= 0.3 is 0 Å². The average molecular weight is 373 g/mol. The quantitative estimate of drug-likeness (QED) is 0.816. The molecule has 10 heteroatoms. The fourth-order valence-corrected chi connectivity index (χ4v) is 4.80. The van der Waals surface area contributed by atoms with Crippen molar-refractivity contribution >= 4 is 21.4 Å². The zero-order chi connectivity index (χ0) is 17.2. The number of aromatic nitrogens is 2. The molecule has 0 unspecified atom stereocenters. The molecular weight excluding hydrogens is 354 g/mol. The Morgan fingerprint density at radius 1 is 1.46 bits per heavy atom. The fourth-order valence-electron chi connectivity index (χ4n) is 2.63. The van der Waals surface area contributed by atoms with Crippen LogP contribution >= 0.6 is 11.3 Å². The number of rotatable bonds is 6. The number of ether oxygens (including phenoxy) is 2. The molecule has 0 amide bonds. The molecule has 132 valence electrons. The van der Waals surface area contributed by atoms with Crippen LogP contribution in [0.15, 0.2) is 20.3 Å². The van der Waals surface area contributed by atoms with Gasteiger partial charge in [-0.3, -0.25) is 0 Å². The van der Waals surface area contributed by atoms with E-state index in [1.54, 1.807) is 19.4 Å². The molecule has 2 aromatic rings. The smallest absolute Gasteiger partial charge is 0.246 e. The highest BCUT2D eigenvalue weighted by atomic mass is 32.2. The average Bonchev–Trinajstić information content (AvgIpc) is 3.16. The van der Waals surface area contributed by atoms with Crippen LogP contribution in [-0.2, 0) is 26.1 Å². The van der Waals surface area contributed by atoms with Gasteiger partial charge in [0.15, 0.2) is 5.76 Å². The molecule has 0 spiro atoms. The molecular formula is C14H19N3O5S2. The maximum Gasteiger partial charge on any atom is 0.246 e. The zero-order valence-electron chi connectivity index (χ0n) is 13.4. The van der Waals surface area contributed by atoms with E-state index in [-0.39, 0.29) is 22.8 Å². The topological polar surface area (TPSA) is 104 Å². The van der Waals surface area contributed by atoms with Crippen LogP contribution in [0.3, 0.4) is 0 Å². The van der Waals surface area contributed by atoms with Gasteiger partial charge < -0.3 is 14.0 Å². The number of hydrogen-bond acceptors (Lipinski definition) is 8. The van der Waals surface area contributed by atoms with Crippen molar-refractivity contribution in [3.05, 3.63) is 28.0 Å². The maximum absolute atomic E-state index is 12.7. The summed E-state index contributed by atoms with van der Waals surface area (Å²) in [5, 5.41) is 5.60. The SMILES string of the molecule is Cc1noc(C)c1S(=O)(=O)N[C@H]1CCOC[C@@H]1OCc1cscn1. The second-order valence-electron chi connectivity index (χ2n) is 5.57. The van der Waals surface area contributed by atoms with Gasteiger partial charge in [0.1, 0.15) is 10.6 Å². The third-order valence-electron chi connectivity index (χ3n) is 3.78. The van der Waals surface area contributed by atoms with Crippen molar-refractivity contribution in [1.82, 2.24) is 14.9 Å². The normalized spacial score (nSPS) is 21.9. The highest BCUT2D eigenvalue weighted by Crippen LogP contribution is 2.22. The van der Waals surface area contributed by atoms with E-state index < -0.39 is 10.0 Å². The Morgan fingerprint density at radius 3 is 2.96 bits per heavy atom. The minimum atomic E-state index is -3.74. The predicted molar refractivity (Wildman–Crippen MR) is 86.2 cm³/mol. The van der Waals surface area contributed by atoms with Crippen LogP contribution in [0.4, 0.5) is 0 Å². The van der Waals surface area contributed by atoms with Crippen LogP contribution in [0.1, 0.15) is 23.6 Å². The molecule has 2 atom stereocenters. The minimum Gasteiger partial charge on any atom is -0.379 e. The van der Waals surface area contributed by atoms with Gasteiger partial charge in [-0.05, 0) is 20.3 Å². The zero-order valence-corrected chi connectivity index (χ0v) is 15.0. The van der Waals surface area contributed by atoms with Gasteiger partial charge in [-0.2, -0.15) is 0 Å². The largest absolute Gasteiger partial charge is 0.379 e. The van der Waals surface area contributed by atoms with Crippen molar-refractivity contribution in [2.24, 2.45) is 0 Å². The molecule has 0 aromatic carbocycles. The maximum atomic E-state index is 12.7. The van der Waals surface area contributed by atoms with Crippen LogP contribution in [0.25, 0.3) is 0 Å². The first kappa shape index (κ1) is 17.5. The number of nitrogens with one attached hydrogen (secondary N) is 1. The second kappa shape index (κ2) is 7.28. The number of nitrogens with zero attached hydrogens (tertiary/aromatic N) is 2. The number of sulfonamides is 1. The summed E-state index contributed by atoms with van der Waals surface area (Å²) in [6.07, 6.45) is 0.153. The summed E-state index contributed by atoms with van der Waals surface area (Å²) in [6, 6.07) is -0.379. The molecule has 1 aliphatic rings. The Bertz CT molecular complexity index is 753. The summed E-state index contributed by atoms with van der Waals surface area (Å²) in [5.41, 5.74) is 2.89. The van der Waals surface area contributed by atoms with Crippen LogP contribution < -0.4 is 4.72 Å². The van der Waals surface area contributed by atoms with Crippen LogP contribution in [0.2, 0.25) is 0 Å². The van der Waals surface area contributed by atoms with Gasteiger partial charge in [0.05, 0.1) is 36.6 Å². The molecule has 3 rings (SSSR count). The Labute approximate surface area is 144 Å². The van der Waals surface area contributed by atoms with E-state index in [1.807, 2.05) is 5.38 Å². The number of hydrogen-bond donors (Lipinski definition) is 1. The van der Waals surface area contributed by atoms with Crippen molar-refractivity contribution in [2.75, 3.05) is 13.2 Å². The third kappa shape index (κ3) is 3.83. The van der Waals surface area contributed by atoms with E-state index in [4.69, 9.17) is 14.0 Å². The lowest BCUT2D eigenvalue weighted by atomic mass is 10.1. The molecule has 1 saturated heterocycles. The fraction of sp³-hybridized carbons (Fsp3) is 0.571. The Hall–Kier alpha value is -1.33. The summed E-state index contributed by atoms with van der Waals surface area (Å²) in [7, 11) is -3.74. The molecule has 0 saturated carbocycles. The standard InChI is InChI=1S/C14H19N3O5S2/c1-9-14(10(2)22-16-9)24(18,19)17-12-3-4-20-6-13(12)21-5-11-7-23-8-15-11/h7-8,12-13,17H,3-6H2,1-2H3/t12-,13-/m0/s1. The highest BCUT2D eigenvalue weighted by molar-refractivity contribution is 7.89. The van der Waals surface area contributed by atoms with Gasteiger partial charge in [-0.25, -0.2) is 18.1 Å². The number of thiazole rings is 1. The summed E-state index contributed by atoms with van der Waals surface area (Å²) < 4.78 is 44.2. The second-order valence-corrected chi connectivity index (χ2v) is 7.94. The summed E-state index contributed by atoms with van der Waals surface area (Å²) in [4.78, 5) is 4.25. The molecule has 2 aromatic heterocycles. The van der Waals surface area contributed by atoms with Crippen LogP contribution in [0.5, 0.6) is 0 Å². The van der Waals surface area contributed by atoms with E-state index in [1.165, 1.54) is 11.3 Å². The van der Waals surface area contributed by atoms with E-state index >= 15 is 0 Å². The first-order valence-electron chi connectivity index (χ1n) is 7.49. The van der Waals surface area contributed by atoms with Gasteiger partial charge in [0.2, 0.25) is 10.0 Å². The molecule has 3 heterocycles. The van der Waals surface area contributed by atoms with Crippen LogP contribution in [0, 0.1) is 13.8 Å². The van der Waals surface area contributed by atoms with Gasteiger partial charge in [-0.1, -0.05) is 5.16 Å². The lowest BCUT2D eigenvalue weighted by Gasteiger charge is -2.31. The molecule has 0 aliphatic carbocycles. The van der Waals surface area contributed by atoms with Crippen molar-refractivity contribution < 1.29 is 22.4 Å². The van der Waals surface area contributed by atoms with Crippen molar-refractivity contribution in [3.8, 4) is 0 Å². The molecule has 0 radical (unpaired) electrons. The van der Waals surface area contributed by atoms with E-state index in [2.05, 4.69) is 14.9 Å². The van der Waals surface area contributed by atoms with Crippen molar-refractivity contribution in [2.45, 2.75) is 43.9 Å². The highest BCUT2D eigenvalue weighted by Gasteiger charge is 2.33. The van der Waals surface area contributed by atoms with E-state index in [0.29, 0.717) is 31.9 Å². The van der Waals surface area contributed by atoms with E-state index in [0.717, 1.165) is 5.69 Å². The molecule has 8 nitrogen and oxygen atoms in total. The van der Waals surface area contributed by atoms with Gasteiger partial charge in [-0.15, -0.1) is 11.3 Å². The summed E-state index contributed by atoms with van der Waals surface area (Å²) in [6.45, 7) is 4.31. The predicted octanol–water partition coefficient (Wildman–Crippen LogP) is 1.40. The molecule has 1 fully saturated rings. The van der Waals surface area contributed by atoms with Crippen LogP contribution in [-0.4, -0.2) is 43.9 Å². The Kier molecular flexibility index (Phi) is 5.30. The first-order valence-corrected chi connectivity index (χ1v) is 9.91. The first-order chi connectivity index (χ1) is 11.5. The summed E-state index contributed by atoms with van der Waals surface area (Å²) >= 11 is 1.49. The van der Waals surface area contributed by atoms with Crippen molar-refractivity contribution in [3.63, 3.8) is 0 Å². The monoisotopic (exact) mass is 373 g/mol. The minimum absolute atomic E-state index is 0.0900. The van der Waals surface area contributed by atoms with Gasteiger partial charge in [0.25, 0.3) is 0 Å². The van der Waals surface area contributed by atoms with Crippen molar-refractivity contribution in [1.29, 1.82) is 0 Å². The molecule has 1 aliphatic heterocycles. The Balaban J connectivity index is 1.71. The Morgan fingerprint density at radius 2 is 2.29 bits per heavy atom. The molecule has 0 bridgehead atoms. The van der Waals surface area contributed by atoms with E-state index in [9.17, 15) is 8.42 Å². The number of aryl methyl sites for hydroxylation is 2. The van der Waals surface area contributed by atoms with Gasteiger partial charge in [0, 0.05) is 12.0 Å². The third-order valence-corrected chi connectivity index (χ3v) is 6.14. The lowest BCUT2D eigenvalue weighted by molar-refractivity contribution is -0.0718. The summed E-state index contributed by atoms with van der Waals surface area (Å²) in [5.74, 6) is 0.270. The molecule has 24 heavy (non-hydrogen) atoms. The lowest BCUT2D eigenvalue weighted by Crippen LogP contribution is -2.49.